The molecule has 0 saturated carbocycles. The Bertz CT molecular complexity index is 1470. The van der Waals surface area contributed by atoms with Gasteiger partial charge in [-0.05, 0) is 116 Å². The first-order valence-electron chi connectivity index (χ1n) is 33.1. The summed E-state index contributed by atoms with van der Waals surface area (Å²) in [6.45, 7) is 6.53. The number of carbonyl (C=O) groups excluding carboxylic acids is 3. The van der Waals surface area contributed by atoms with Crippen LogP contribution in [0.4, 0.5) is 0 Å². The minimum absolute atomic E-state index is 0.0806. The van der Waals surface area contributed by atoms with Gasteiger partial charge in [0.2, 0.25) is 0 Å². The molecule has 0 aliphatic carbocycles. The van der Waals surface area contributed by atoms with Gasteiger partial charge >= 0.3 is 17.9 Å². The standard InChI is InChI=1S/C71H124O6/c1-4-7-10-13-16-19-22-25-28-31-33-34-35-36-38-40-43-46-49-52-55-58-61-64-70(73)76-67-68(66-75-69(72)63-60-57-54-51-48-45-42-39-30-27-24-21-18-15-12-9-6-3)77-71(74)65-62-59-56-53-50-47-44-41-37-32-29-26-23-20-17-14-11-8-5-2/h7,10,16,18-19,21,25-30,33-34,68H,4-6,8-9,11-15,17,20,22-24,31-32,35-67H2,1-3H3/b10-7-,19-16-,21-18-,28-25-,29-26-,30-27-,34-33-. The van der Waals surface area contributed by atoms with Gasteiger partial charge in [0.05, 0.1) is 0 Å². The molecule has 1 unspecified atom stereocenters. The molecule has 6 heteroatoms. The highest BCUT2D eigenvalue weighted by atomic mass is 16.6. The van der Waals surface area contributed by atoms with Gasteiger partial charge in [-0.1, -0.05) is 279 Å². The summed E-state index contributed by atoms with van der Waals surface area (Å²) in [6.07, 6.45) is 85.8. The number of unbranched alkanes of at least 4 members (excludes halogenated alkanes) is 35. The molecule has 0 aliphatic heterocycles. The lowest BCUT2D eigenvalue weighted by molar-refractivity contribution is -0.167. The van der Waals surface area contributed by atoms with Crippen LogP contribution in [-0.2, 0) is 28.6 Å². The molecule has 1 atom stereocenters. The number of carbonyl (C=O) groups is 3. The number of ether oxygens (including phenoxy) is 3. The average molecular weight is 1070 g/mol. The molecule has 0 aromatic rings. The van der Waals surface area contributed by atoms with E-state index in [4.69, 9.17) is 14.2 Å². The third-order valence-corrected chi connectivity index (χ3v) is 14.4. The molecule has 6 nitrogen and oxygen atoms in total. The van der Waals surface area contributed by atoms with Crippen LogP contribution in [0.15, 0.2) is 85.1 Å². The topological polar surface area (TPSA) is 78.9 Å². The second-order valence-electron chi connectivity index (χ2n) is 22.0. The Balaban J connectivity index is 4.37. The molecule has 0 bridgehead atoms. The first-order chi connectivity index (χ1) is 38.0. The molecule has 444 valence electrons. The predicted molar refractivity (Wildman–Crippen MR) is 334 cm³/mol. The number of rotatable bonds is 60. The van der Waals surface area contributed by atoms with Gasteiger partial charge in [0.25, 0.3) is 0 Å². The minimum Gasteiger partial charge on any atom is -0.462 e. The highest BCUT2D eigenvalue weighted by molar-refractivity contribution is 5.71. The molecule has 0 aliphatic rings. The van der Waals surface area contributed by atoms with Gasteiger partial charge in [0, 0.05) is 19.3 Å². The van der Waals surface area contributed by atoms with Crippen molar-refractivity contribution in [1.82, 2.24) is 0 Å². The van der Waals surface area contributed by atoms with E-state index >= 15 is 0 Å². The van der Waals surface area contributed by atoms with Crippen molar-refractivity contribution in [3.63, 3.8) is 0 Å². The smallest absolute Gasteiger partial charge is 0.306 e. The van der Waals surface area contributed by atoms with Crippen molar-refractivity contribution in [2.75, 3.05) is 13.2 Å². The van der Waals surface area contributed by atoms with E-state index in [2.05, 4.69) is 106 Å². The van der Waals surface area contributed by atoms with E-state index in [9.17, 15) is 14.4 Å². The number of hydrogen-bond donors (Lipinski definition) is 0. The Morgan fingerprint density at radius 1 is 0.273 bits per heavy atom. The molecule has 0 radical (unpaired) electrons. The van der Waals surface area contributed by atoms with Gasteiger partial charge < -0.3 is 14.2 Å². The number of esters is 3. The van der Waals surface area contributed by atoms with E-state index in [0.717, 1.165) is 96.3 Å². The van der Waals surface area contributed by atoms with E-state index in [1.54, 1.807) is 0 Å². The summed E-state index contributed by atoms with van der Waals surface area (Å²) in [4.78, 5) is 38.4. The van der Waals surface area contributed by atoms with Gasteiger partial charge in [0.1, 0.15) is 13.2 Å². The fourth-order valence-electron chi connectivity index (χ4n) is 9.40. The van der Waals surface area contributed by atoms with Gasteiger partial charge in [0.15, 0.2) is 6.10 Å². The zero-order valence-corrected chi connectivity index (χ0v) is 51.0. The van der Waals surface area contributed by atoms with Gasteiger partial charge in [-0.3, -0.25) is 14.4 Å². The highest BCUT2D eigenvalue weighted by Gasteiger charge is 2.19. The van der Waals surface area contributed by atoms with Crippen LogP contribution in [0, 0.1) is 0 Å². The average Bonchev–Trinajstić information content (AvgIpc) is 3.43. The van der Waals surface area contributed by atoms with Crippen LogP contribution in [-0.4, -0.2) is 37.2 Å². The number of allylic oxidation sites excluding steroid dienone is 14. The maximum atomic E-state index is 12.9. The molecule has 0 N–H and O–H groups in total. The molecule has 0 spiro atoms. The third kappa shape index (κ3) is 63.3. The lowest BCUT2D eigenvalue weighted by Crippen LogP contribution is -2.30. The van der Waals surface area contributed by atoms with Crippen LogP contribution in [0.1, 0.15) is 329 Å². The summed E-state index contributed by atoms with van der Waals surface area (Å²) < 4.78 is 17.0. The lowest BCUT2D eigenvalue weighted by Gasteiger charge is -2.18. The van der Waals surface area contributed by atoms with Crippen LogP contribution < -0.4 is 0 Å². The van der Waals surface area contributed by atoms with Crippen LogP contribution in [0.2, 0.25) is 0 Å². The Morgan fingerprint density at radius 3 is 0.831 bits per heavy atom. The van der Waals surface area contributed by atoms with E-state index in [1.165, 1.54) is 193 Å². The molecule has 0 fully saturated rings. The second-order valence-corrected chi connectivity index (χ2v) is 22.0. The molecule has 0 amide bonds. The van der Waals surface area contributed by atoms with Crippen molar-refractivity contribution in [2.24, 2.45) is 0 Å². The maximum absolute atomic E-state index is 12.9. The van der Waals surface area contributed by atoms with Crippen molar-refractivity contribution in [3.8, 4) is 0 Å². The van der Waals surface area contributed by atoms with E-state index in [0.29, 0.717) is 19.3 Å². The Kier molecular flexibility index (Phi) is 62.2. The van der Waals surface area contributed by atoms with Crippen molar-refractivity contribution < 1.29 is 28.6 Å². The van der Waals surface area contributed by atoms with Crippen molar-refractivity contribution >= 4 is 17.9 Å². The summed E-state index contributed by atoms with van der Waals surface area (Å²) in [5.74, 6) is -0.879. The van der Waals surface area contributed by atoms with Crippen molar-refractivity contribution in [3.05, 3.63) is 85.1 Å². The molecule has 0 aromatic heterocycles. The van der Waals surface area contributed by atoms with Gasteiger partial charge in [-0.25, -0.2) is 0 Å². The Morgan fingerprint density at radius 2 is 0.506 bits per heavy atom. The fourth-order valence-corrected chi connectivity index (χ4v) is 9.40. The summed E-state index contributed by atoms with van der Waals surface area (Å²) in [6, 6.07) is 0. The maximum Gasteiger partial charge on any atom is 0.306 e. The Hall–Kier alpha value is -3.41. The molecule has 0 heterocycles. The Labute approximate surface area is 477 Å². The quantitative estimate of drug-likeness (QED) is 0.0261. The largest absolute Gasteiger partial charge is 0.462 e. The number of hydrogen-bond acceptors (Lipinski definition) is 6. The van der Waals surface area contributed by atoms with Crippen LogP contribution in [0.5, 0.6) is 0 Å². The first kappa shape index (κ1) is 73.6. The normalized spacial score (nSPS) is 12.6. The van der Waals surface area contributed by atoms with Crippen LogP contribution in [0.25, 0.3) is 0 Å². The van der Waals surface area contributed by atoms with E-state index < -0.39 is 6.10 Å². The second kappa shape index (κ2) is 65.1. The first-order valence-corrected chi connectivity index (χ1v) is 33.1. The molecular formula is C71H124O6. The van der Waals surface area contributed by atoms with Crippen LogP contribution >= 0.6 is 0 Å². The summed E-state index contributed by atoms with van der Waals surface area (Å²) >= 11 is 0. The van der Waals surface area contributed by atoms with Gasteiger partial charge in [-0.15, -0.1) is 0 Å². The molecule has 0 saturated heterocycles. The molecule has 0 aromatic carbocycles. The summed E-state index contributed by atoms with van der Waals surface area (Å²) in [5, 5.41) is 0. The lowest BCUT2D eigenvalue weighted by atomic mass is 10.0. The minimum atomic E-state index is -0.784. The van der Waals surface area contributed by atoms with E-state index in [1.807, 2.05) is 0 Å². The predicted octanol–water partition coefficient (Wildman–Crippen LogP) is 22.7. The SMILES string of the molecule is CC/C=C\C/C=C\C/C=C\C/C=C\CCCCCCCCCCCCC(=O)OCC(COC(=O)CCCCCCCCC/C=C\C/C=C\CCCCC)OC(=O)CCCCCCCCCCC/C=C\CCCCCCCC. The molecule has 77 heavy (non-hydrogen) atoms. The van der Waals surface area contributed by atoms with Gasteiger partial charge in [-0.2, -0.15) is 0 Å². The highest BCUT2D eigenvalue weighted by Crippen LogP contribution is 2.16. The van der Waals surface area contributed by atoms with E-state index in [-0.39, 0.29) is 31.1 Å². The van der Waals surface area contributed by atoms with Crippen molar-refractivity contribution in [2.45, 2.75) is 335 Å². The summed E-state index contributed by atoms with van der Waals surface area (Å²) in [5.41, 5.74) is 0. The van der Waals surface area contributed by atoms with Crippen molar-refractivity contribution in [1.29, 1.82) is 0 Å². The monoisotopic (exact) mass is 1070 g/mol. The molecule has 0 rings (SSSR count). The zero-order chi connectivity index (χ0) is 55.7. The summed E-state index contributed by atoms with van der Waals surface area (Å²) in [7, 11) is 0. The third-order valence-electron chi connectivity index (χ3n) is 14.4. The molecular weight excluding hydrogens is 949 g/mol. The van der Waals surface area contributed by atoms with Crippen LogP contribution in [0.3, 0.4) is 0 Å². The zero-order valence-electron chi connectivity index (χ0n) is 51.0. The fraction of sp³-hybridized carbons (Fsp3) is 0.761.